The first-order valence-corrected chi connectivity index (χ1v) is 10.3. The molecule has 100 valence electrons. The fourth-order valence-corrected chi connectivity index (χ4v) is 2.44. The SMILES string of the molecule is C=CCC(CC(=C)C#C[Si](C)(C)C)c1ccccc1. The lowest BCUT2D eigenvalue weighted by molar-refractivity contribution is 0.702. The van der Waals surface area contributed by atoms with Crippen molar-refractivity contribution >= 4 is 8.07 Å². The molecule has 0 heterocycles. The van der Waals surface area contributed by atoms with E-state index < -0.39 is 8.07 Å². The molecule has 0 N–H and O–H groups in total. The van der Waals surface area contributed by atoms with Crippen molar-refractivity contribution < 1.29 is 0 Å². The van der Waals surface area contributed by atoms with E-state index >= 15 is 0 Å². The van der Waals surface area contributed by atoms with Crippen LogP contribution in [0.3, 0.4) is 0 Å². The van der Waals surface area contributed by atoms with Gasteiger partial charge in [0.05, 0.1) is 0 Å². The van der Waals surface area contributed by atoms with Gasteiger partial charge in [0.2, 0.25) is 0 Å². The molecule has 0 bridgehead atoms. The molecule has 0 saturated carbocycles. The van der Waals surface area contributed by atoms with Crippen LogP contribution >= 0.6 is 0 Å². The third-order valence-corrected chi connectivity index (χ3v) is 3.70. The largest absolute Gasteiger partial charge is 0.129 e. The van der Waals surface area contributed by atoms with Crippen molar-refractivity contribution in [1.82, 2.24) is 0 Å². The highest BCUT2D eigenvalue weighted by atomic mass is 28.3. The van der Waals surface area contributed by atoms with Gasteiger partial charge in [0.15, 0.2) is 0 Å². The molecule has 1 unspecified atom stereocenters. The van der Waals surface area contributed by atoms with E-state index in [1.807, 2.05) is 12.1 Å². The van der Waals surface area contributed by atoms with Gasteiger partial charge in [-0.05, 0) is 29.9 Å². The minimum absolute atomic E-state index is 0.446. The maximum absolute atomic E-state index is 4.12. The van der Waals surface area contributed by atoms with Gasteiger partial charge in [0.1, 0.15) is 8.07 Å². The first kappa shape index (κ1) is 15.5. The number of benzene rings is 1. The Morgan fingerprint density at radius 2 is 1.89 bits per heavy atom. The Kier molecular flexibility index (Phi) is 5.85. The molecule has 1 atom stereocenters. The van der Waals surface area contributed by atoms with Crippen LogP contribution in [0.25, 0.3) is 0 Å². The Bertz CT molecular complexity index is 480. The van der Waals surface area contributed by atoms with Crippen LogP contribution < -0.4 is 0 Å². The second-order valence-electron chi connectivity index (χ2n) is 5.94. The average Bonchev–Trinajstić information content (AvgIpc) is 2.36. The molecular formula is C18H24Si. The van der Waals surface area contributed by atoms with Gasteiger partial charge in [-0.1, -0.05) is 68.5 Å². The third kappa shape index (κ3) is 6.27. The van der Waals surface area contributed by atoms with Crippen molar-refractivity contribution in [2.75, 3.05) is 0 Å². The Morgan fingerprint density at radius 3 is 2.42 bits per heavy atom. The molecule has 0 aromatic heterocycles. The Hall–Kier alpha value is -1.52. The zero-order valence-electron chi connectivity index (χ0n) is 12.4. The lowest BCUT2D eigenvalue weighted by Crippen LogP contribution is -2.16. The van der Waals surface area contributed by atoms with Crippen LogP contribution in [0.2, 0.25) is 19.6 Å². The van der Waals surface area contributed by atoms with Gasteiger partial charge in [0.25, 0.3) is 0 Å². The Balaban J connectivity index is 2.77. The second kappa shape index (κ2) is 7.16. The quantitative estimate of drug-likeness (QED) is 0.392. The van der Waals surface area contributed by atoms with E-state index in [0.29, 0.717) is 5.92 Å². The summed E-state index contributed by atoms with van der Waals surface area (Å²) in [5, 5.41) is 0. The normalized spacial score (nSPS) is 12.2. The summed E-state index contributed by atoms with van der Waals surface area (Å²) in [6.45, 7) is 14.7. The fraction of sp³-hybridized carbons (Fsp3) is 0.333. The van der Waals surface area contributed by atoms with E-state index in [2.05, 4.69) is 68.5 Å². The molecule has 0 spiro atoms. The topological polar surface area (TPSA) is 0 Å². The van der Waals surface area contributed by atoms with E-state index in [4.69, 9.17) is 0 Å². The zero-order valence-corrected chi connectivity index (χ0v) is 13.4. The van der Waals surface area contributed by atoms with E-state index in [0.717, 1.165) is 18.4 Å². The Morgan fingerprint density at radius 1 is 1.26 bits per heavy atom. The van der Waals surface area contributed by atoms with Gasteiger partial charge in [-0.15, -0.1) is 12.1 Å². The fourth-order valence-electron chi connectivity index (χ4n) is 1.89. The highest BCUT2D eigenvalue weighted by molar-refractivity contribution is 6.83. The van der Waals surface area contributed by atoms with Crippen molar-refractivity contribution in [1.29, 1.82) is 0 Å². The number of allylic oxidation sites excluding steroid dienone is 2. The number of hydrogen-bond acceptors (Lipinski definition) is 0. The predicted molar refractivity (Wildman–Crippen MR) is 88.9 cm³/mol. The lowest BCUT2D eigenvalue weighted by atomic mass is 9.90. The Labute approximate surface area is 119 Å². The summed E-state index contributed by atoms with van der Waals surface area (Å²) in [5.41, 5.74) is 5.77. The molecule has 1 aromatic carbocycles. The van der Waals surface area contributed by atoms with Gasteiger partial charge in [0, 0.05) is 0 Å². The minimum atomic E-state index is -1.31. The van der Waals surface area contributed by atoms with Gasteiger partial charge < -0.3 is 0 Å². The molecule has 0 radical (unpaired) electrons. The molecule has 0 aliphatic rings. The van der Waals surface area contributed by atoms with Crippen molar-refractivity contribution in [2.24, 2.45) is 0 Å². The first-order valence-electron chi connectivity index (χ1n) is 6.79. The van der Waals surface area contributed by atoms with E-state index in [9.17, 15) is 0 Å². The van der Waals surface area contributed by atoms with Crippen molar-refractivity contribution in [3.05, 3.63) is 60.7 Å². The van der Waals surface area contributed by atoms with Crippen LogP contribution in [0.1, 0.15) is 24.3 Å². The van der Waals surface area contributed by atoms with E-state index in [1.165, 1.54) is 5.56 Å². The summed E-state index contributed by atoms with van der Waals surface area (Å²) >= 11 is 0. The molecule has 0 amide bonds. The van der Waals surface area contributed by atoms with Crippen LogP contribution in [-0.4, -0.2) is 8.07 Å². The molecule has 0 nitrogen and oxygen atoms in total. The van der Waals surface area contributed by atoms with Crippen LogP contribution in [0, 0.1) is 11.5 Å². The molecule has 1 aromatic rings. The molecule has 19 heavy (non-hydrogen) atoms. The van der Waals surface area contributed by atoms with E-state index in [1.54, 1.807) is 0 Å². The highest BCUT2D eigenvalue weighted by Gasteiger charge is 2.11. The number of hydrogen-bond donors (Lipinski definition) is 0. The third-order valence-electron chi connectivity index (χ3n) is 2.83. The van der Waals surface area contributed by atoms with Gasteiger partial charge in [-0.3, -0.25) is 0 Å². The molecule has 1 rings (SSSR count). The minimum Gasteiger partial charge on any atom is -0.127 e. The molecule has 0 aliphatic heterocycles. The molecule has 1 heteroatoms. The van der Waals surface area contributed by atoms with Crippen LogP contribution in [0.5, 0.6) is 0 Å². The molecule has 0 saturated heterocycles. The lowest BCUT2D eigenvalue weighted by Gasteiger charge is -2.15. The molecule has 0 fully saturated rings. The van der Waals surface area contributed by atoms with Gasteiger partial charge in [-0.2, -0.15) is 0 Å². The van der Waals surface area contributed by atoms with E-state index in [-0.39, 0.29) is 0 Å². The standard InChI is InChI=1S/C18H24Si/c1-6-10-18(17-11-8-7-9-12-17)15-16(2)13-14-19(3,4)5/h6-9,11-12,18H,1-2,10,15H2,3-5H3. The average molecular weight is 268 g/mol. The van der Waals surface area contributed by atoms with Crippen LogP contribution in [0.4, 0.5) is 0 Å². The summed E-state index contributed by atoms with van der Waals surface area (Å²) in [7, 11) is -1.31. The summed E-state index contributed by atoms with van der Waals surface area (Å²) < 4.78 is 0. The van der Waals surface area contributed by atoms with Crippen molar-refractivity contribution in [3.63, 3.8) is 0 Å². The zero-order chi connectivity index (χ0) is 14.3. The van der Waals surface area contributed by atoms with Crippen molar-refractivity contribution in [3.8, 4) is 11.5 Å². The summed E-state index contributed by atoms with van der Waals surface area (Å²) in [4.78, 5) is 0. The highest BCUT2D eigenvalue weighted by Crippen LogP contribution is 2.26. The van der Waals surface area contributed by atoms with Gasteiger partial charge >= 0.3 is 0 Å². The monoisotopic (exact) mass is 268 g/mol. The first-order chi connectivity index (χ1) is 8.92. The molecular weight excluding hydrogens is 244 g/mol. The summed E-state index contributed by atoms with van der Waals surface area (Å²) in [6.07, 6.45) is 3.88. The molecule has 0 aliphatic carbocycles. The van der Waals surface area contributed by atoms with Crippen LogP contribution in [-0.2, 0) is 0 Å². The smallest absolute Gasteiger partial charge is 0.127 e. The number of rotatable bonds is 5. The second-order valence-corrected chi connectivity index (χ2v) is 10.7. The maximum atomic E-state index is 4.12. The van der Waals surface area contributed by atoms with Crippen LogP contribution in [0.15, 0.2) is 55.1 Å². The van der Waals surface area contributed by atoms with Crippen molar-refractivity contribution in [2.45, 2.75) is 38.4 Å². The maximum Gasteiger partial charge on any atom is 0.129 e. The van der Waals surface area contributed by atoms with Gasteiger partial charge in [-0.25, -0.2) is 0 Å². The summed E-state index contributed by atoms with van der Waals surface area (Å²) in [6, 6.07) is 10.6. The predicted octanol–water partition coefficient (Wildman–Crippen LogP) is 5.17. The summed E-state index contributed by atoms with van der Waals surface area (Å²) in [5.74, 6) is 3.71.